The Labute approximate surface area is 123 Å². The SMILES string of the molecule is Cc1ccc(CC2(NC(=O)Cc3cccs3)CC2)cc1. The molecule has 0 radical (unpaired) electrons. The number of rotatable bonds is 5. The molecule has 3 rings (SSSR count). The molecule has 0 spiro atoms. The Morgan fingerprint density at radius 2 is 2.00 bits per heavy atom. The maximum atomic E-state index is 12.1. The van der Waals surface area contributed by atoms with E-state index in [0.29, 0.717) is 6.42 Å². The van der Waals surface area contributed by atoms with Crippen molar-refractivity contribution in [2.75, 3.05) is 0 Å². The number of benzene rings is 1. The van der Waals surface area contributed by atoms with Crippen LogP contribution >= 0.6 is 11.3 Å². The van der Waals surface area contributed by atoms with Gasteiger partial charge in [0.2, 0.25) is 5.91 Å². The molecular formula is C17H19NOS. The predicted molar refractivity (Wildman–Crippen MR) is 83.0 cm³/mol. The zero-order valence-electron chi connectivity index (χ0n) is 11.7. The normalized spacial score (nSPS) is 15.8. The summed E-state index contributed by atoms with van der Waals surface area (Å²) in [6.45, 7) is 2.10. The second-order valence-corrected chi connectivity index (χ2v) is 6.78. The van der Waals surface area contributed by atoms with Crippen molar-refractivity contribution in [3.8, 4) is 0 Å². The van der Waals surface area contributed by atoms with E-state index < -0.39 is 0 Å². The highest BCUT2D eigenvalue weighted by Gasteiger charge is 2.43. The molecule has 20 heavy (non-hydrogen) atoms. The van der Waals surface area contributed by atoms with E-state index in [4.69, 9.17) is 0 Å². The van der Waals surface area contributed by atoms with Crippen molar-refractivity contribution in [2.45, 2.75) is 38.1 Å². The fourth-order valence-electron chi connectivity index (χ4n) is 2.50. The smallest absolute Gasteiger partial charge is 0.225 e. The molecule has 1 aromatic carbocycles. The molecule has 104 valence electrons. The van der Waals surface area contributed by atoms with Gasteiger partial charge in [-0.1, -0.05) is 35.9 Å². The lowest BCUT2D eigenvalue weighted by molar-refractivity contribution is -0.121. The maximum Gasteiger partial charge on any atom is 0.225 e. The van der Waals surface area contributed by atoms with Crippen LogP contribution in [0.1, 0.15) is 28.8 Å². The molecule has 1 aromatic heterocycles. The number of carbonyl (C=O) groups excluding carboxylic acids is 1. The van der Waals surface area contributed by atoms with Crippen molar-refractivity contribution < 1.29 is 4.79 Å². The van der Waals surface area contributed by atoms with Gasteiger partial charge in [-0.25, -0.2) is 0 Å². The molecule has 1 fully saturated rings. The number of hydrogen-bond acceptors (Lipinski definition) is 2. The molecule has 2 aromatic rings. The first-order valence-electron chi connectivity index (χ1n) is 7.04. The summed E-state index contributed by atoms with van der Waals surface area (Å²) in [5.41, 5.74) is 2.61. The van der Waals surface area contributed by atoms with Gasteiger partial charge in [-0.15, -0.1) is 11.3 Å². The summed E-state index contributed by atoms with van der Waals surface area (Å²) in [7, 11) is 0. The van der Waals surface area contributed by atoms with Crippen molar-refractivity contribution in [3.05, 3.63) is 57.8 Å². The third-order valence-corrected chi connectivity index (χ3v) is 4.71. The minimum absolute atomic E-state index is 0.0175. The first-order chi connectivity index (χ1) is 9.65. The van der Waals surface area contributed by atoms with E-state index in [9.17, 15) is 4.79 Å². The Bertz CT molecular complexity index is 582. The van der Waals surface area contributed by atoms with Crippen molar-refractivity contribution in [1.29, 1.82) is 0 Å². The Morgan fingerprint density at radius 1 is 1.25 bits per heavy atom. The van der Waals surface area contributed by atoms with E-state index in [-0.39, 0.29) is 11.4 Å². The van der Waals surface area contributed by atoms with Crippen molar-refractivity contribution >= 4 is 17.2 Å². The van der Waals surface area contributed by atoms with Gasteiger partial charge in [0, 0.05) is 10.4 Å². The van der Waals surface area contributed by atoms with Crippen LogP contribution in [0, 0.1) is 6.92 Å². The molecule has 1 heterocycles. The summed E-state index contributed by atoms with van der Waals surface area (Å²) < 4.78 is 0. The van der Waals surface area contributed by atoms with E-state index in [1.807, 2.05) is 17.5 Å². The van der Waals surface area contributed by atoms with E-state index in [0.717, 1.165) is 24.1 Å². The zero-order chi connectivity index (χ0) is 14.0. The Balaban J connectivity index is 1.59. The van der Waals surface area contributed by atoms with Gasteiger partial charge in [-0.05, 0) is 43.2 Å². The molecule has 1 N–H and O–H groups in total. The summed E-state index contributed by atoms with van der Waals surface area (Å²) in [6.07, 6.45) is 3.64. The second kappa shape index (κ2) is 5.41. The van der Waals surface area contributed by atoms with Crippen molar-refractivity contribution in [2.24, 2.45) is 0 Å². The van der Waals surface area contributed by atoms with Crippen LogP contribution in [0.25, 0.3) is 0 Å². The second-order valence-electron chi connectivity index (χ2n) is 5.75. The molecule has 0 aliphatic heterocycles. The van der Waals surface area contributed by atoms with Gasteiger partial charge in [-0.2, -0.15) is 0 Å². The maximum absolute atomic E-state index is 12.1. The van der Waals surface area contributed by atoms with Gasteiger partial charge >= 0.3 is 0 Å². The largest absolute Gasteiger partial charge is 0.350 e. The van der Waals surface area contributed by atoms with E-state index >= 15 is 0 Å². The highest BCUT2D eigenvalue weighted by Crippen LogP contribution is 2.38. The van der Waals surface area contributed by atoms with Crippen LogP contribution < -0.4 is 5.32 Å². The lowest BCUT2D eigenvalue weighted by Crippen LogP contribution is -2.39. The summed E-state index contributed by atoms with van der Waals surface area (Å²) in [6, 6.07) is 12.6. The fraction of sp³-hybridized carbons (Fsp3) is 0.353. The highest BCUT2D eigenvalue weighted by atomic mass is 32.1. The lowest BCUT2D eigenvalue weighted by Gasteiger charge is -2.17. The van der Waals surface area contributed by atoms with E-state index in [1.165, 1.54) is 11.1 Å². The standard InChI is InChI=1S/C17H19NOS/c1-13-4-6-14(7-5-13)12-17(8-9-17)18-16(19)11-15-3-2-10-20-15/h2-7,10H,8-9,11-12H2,1H3,(H,18,19). The highest BCUT2D eigenvalue weighted by molar-refractivity contribution is 7.10. The molecule has 0 atom stereocenters. The first-order valence-corrected chi connectivity index (χ1v) is 7.92. The molecule has 2 nitrogen and oxygen atoms in total. The molecule has 0 unspecified atom stereocenters. The monoisotopic (exact) mass is 285 g/mol. The van der Waals surface area contributed by atoms with E-state index in [1.54, 1.807) is 11.3 Å². The molecule has 3 heteroatoms. The topological polar surface area (TPSA) is 29.1 Å². The first kappa shape index (κ1) is 13.4. The van der Waals surface area contributed by atoms with Crippen LogP contribution in [0.4, 0.5) is 0 Å². The zero-order valence-corrected chi connectivity index (χ0v) is 12.5. The van der Waals surface area contributed by atoms with Crippen molar-refractivity contribution in [3.63, 3.8) is 0 Å². The molecular weight excluding hydrogens is 266 g/mol. The summed E-state index contributed by atoms with van der Waals surface area (Å²) in [5.74, 6) is 0.150. The summed E-state index contributed by atoms with van der Waals surface area (Å²) >= 11 is 1.64. The number of hydrogen-bond donors (Lipinski definition) is 1. The number of nitrogens with one attached hydrogen (secondary N) is 1. The number of amides is 1. The molecule has 0 bridgehead atoms. The van der Waals surface area contributed by atoms with E-state index in [2.05, 4.69) is 36.5 Å². The van der Waals surface area contributed by atoms with Gasteiger partial charge in [0.25, 0.3) is 0 Å². The Morgan fingerprint density at radius 3 is 2.60 bits per heavy atom. The summed E-state index contributed by atoms with van der Waals surface area (Å²) in [5, 5.41) is 5.25. The van der Waals surface area contributed by atoms with Crippen LogP contribution in [-0.2, 0) is 17.6 Å². The van der Waals surface area contributed by atoms with Gasteiger partial charge in [0.1, 0.15) is 0 Å². The van der Waals surface area contributed by atoms with Gasteiger partial charge < -0.3 is 5.32 Å². The average Bonchev–Trinajstić information content (AvgIpc) is 2.96. The van der Waals surface area contributed by atoms with Gasteiger partial charge in [0.15, 0.2) is 0 Å². The Hall–Kier alpha value is -1.61. The lowest BCUT2D eigenvalue weighted by atomic mass is 10.0. The quantitative estimate of drug-likeness (QED) is 0.895. The minimum Gasteiger partial charge on any atom is -0.350 e. The van der Waals surface area contributed by atoms with Crippen LogP contribution in [0.2, 0.25) is 0 Å². The third-order valence-electron chi connectivity index (χ3n) is 3.84. The Kier molecular flexibility index (Phi) is 3.62. The summed E-state index contributed by atoms with van der Waals surface area (Å²) in [4.78, 5) is 13.2. The molecule has 1 aliphatic carbocycles. The average molecular weight is 285 g/mol. The minimum atomic E-state index is 0.0175. The van der Waals surface area contributed by atoms with Crippen LogP contribution in [0.3, 0.4) is 0 Å². The number of thiophene rings is 1. The van der Waals surface area contributed by atoms with Gasteiger partial charge in [-0.3, -0.25) is 4.79 Å². The third kappa shape index (κ3) is 3.28. The predicted octanol–water partition coefficient (Wildman–Crippen LogP) is 3.49. The fourth-order valence-corrected chi connectivity index (χ4v) is 3.21. The van der Waals surface area contributed by atoms with Crippen LogP contribution in [0.5, 0.6) is 0 Å². The molecule has 1 saturated carbocycles. The van der Waals surface area contributed by atoms with Crippen LogP contribution in [0.15, 0.2) is 41.8 Å². The van der Waals surface area contributed by atoms with Crippen molar-refractivity contribution in [1.82, 2.24) is 5.32 Å². The van der Waals surface area contributed by atoms with Gasteiger partial charge in [0.05, 0.1) is 6.42 Å². The van der Waals surface area contributed by atoms with Crippen LogP contribution in [-0.4, -0.2) is 11.4 Å². The number of aryl methyl sites for hydroxylation is 1. The molecule has 1 aliphatic rings. The molecule has 1 amide bonds. The number of carbonyl (C=O) groups is 1. The molecule has 0 saturated heterocycles.